The number of likely N-dealkylation sites (tertiary alicyclic amines) is 1. The second-order valence-corrected chi connectivity index (χ2v) is 10.5. The number of benzene rings is 4. The van der Waals surface area contributed by atoms with Crippen LogP contribution in [0.25, 0.3) is 10.9 Å². The molecular weight excluding hydrogens is 464 g/mol. The fourth-order valence-corrected chi connectivity index (χ4v) is 6.62. The summed E-state index contributed by atoms with van der Waals surface area (Å²) in [5.41, 5.74) is 5.88. The molecule has 1 aliphatic heterocycles. The number of aliphatic hydroxyl groups is 1. The molecule has 1 aromatic heterocycles. The number of hydrogen-bond acceptors (Lipinski definition) is 2. The van der Waals surface area contributed by atoms with Crippen molar-refractivity contribution in [2.75, 3.05) is 13.1 Å². The summed E-state index contributed by atoms with van der Waals surface area (Å²) in [4.78, 5) is 2.72. The zero-order valence-corrected chi connectivity index (χ0v) is 21.9. The van der Waals surface area contributed by atoms with Crippen molar-refractivity contribution < 1.29 is 5.11 Å². The SMILES string of the molecule is OCc1cc2ccccc2n1CCC1CCN(C(c2ccccc2)(c2ccccc2)c2ccccc2)CC1. The Morgan fingerprint density at radius 2 is 1.16 bits per heavy atom. The number of aromatic nitrogens is 1. The molecule has 0 unspecified atom stereocenters. The quantitative estimate of drug-likeness (QED) is 0.228. The van der Waals surface area contributed by atoms with Crippen molar-refractivity contribution in [1.82, 2.24) is 9.47 Å². The zero-order chi connectivity index (χ0) is 25.8. The van der Waals surface area contributed by atoms with Crippen LogP contribution in [-0.2, 0) is 18.7 Å². The van der Waals surface area contributed by atoms with Gasteiger partial charge in [0, 0.05) is 17.8 Å². The van der Waals surface area contributed by atoms with E-state index in [1.165, 1.54) is 40.4 Å². The van der Waals surface area contributed by atoms with Crippen LogP contribution in [-0.4, -0.2) is 27.7 Å². The lowest BCUT2D eigenvalue weighted by atomic mass is 9.74. The van der Waals surface area contributed by atoms with E-state index in [-0.39, 0.29) is 12.1 Å². The van der Waals surface area contributed by atoms with Crippen molar-refractivity contribution in [3.8, 4) is 0 Å². The Labute approximate surface area is 226 Å². The van der Waals surface area contributed by atoms with Crippen molar-refractivity contribution in [2.24, 2.45) is 5.92 Å². The van der Waals surface area contributed by atoms with Crippen LogP contribution >= 0.6 is 0 Å². The fraction of sp³-hybridized carbons (Fsp3) is 0.257. The highest BCUT2D eigenvalue weighted by molar-refractivity contribution is 5.81. The first-order valence-electron chi connectivity index (χ1n) is 13.9. The molecule has 5 aromatic rings. The highest BCUT2D eigenvalue weighted by Gasteiger charge is 2.43. The Balaban J connectivity index is 1.28. The Hall–Kier alpha value is -3.66. The van der Waals surface area contributed by atoms with Crippen LogP contribution in [0.1, 0.15) is 41.6 Å². The number of piperidine rings is 1. The maximum absolute atomic E-state index is 9.98. The summed E-state index contributed by atoms with van der Waals surface area (Å²) in [7, 11) is 0. The van der Waals surface area contributed by atoms with Crippen LogP contribution < -0.4 is 0 Å². The van der Waals surface area contributed by atoms with E-state index in [9.17, 15) is 5.11 Å². The monoisotopic (exact) mass is 500 g/mol. The first kappa shape index (κ1) is 24.7. The molecule has 192 valence electrons. The number of fused-ring (bicyclic) bond motifs is 1. The number of aryl methyl sites for hydroxylation is 1. The van der Waals surface area contributed by atoms with Gasteiger partial charge in [0.1, 0.15) is 0 Å². The van der Waals surface area contributed by atoms with Gasteiger partial charge in [-0.2, -0.15) is 0 Å². The lowest BCUT2D eigenvalue weighted by Crippen LogP contribution is -2.51. The van der Waals surface area contributed by atoms with E-state index in [2.05, 4.69) is 131 Å². The minimum atomic E-state index is -0.324. The smallest absolute Gasteiger partial charge is 0.0972 e. The summed E-state index contributed by atoms with van der Waals surface area (Å²) < 4.78 is 2.32. The van der Waals surface area contributed by atoms with Crippen molar-refractivity contribution >= 4 is 10.9 Å². The van der Waals surface area contributed by atoms with Crippen molar-refractivity contribution in [3.05, 3.63) is 144 Å². The molecule has 1 aliphatic rings. The molecule has 6 rings (SSSR count). The summed E-state index contributed by atoms with van der Waals surface area (Å²) in [5, 5.41) is 11.2. The summed E-state index contributed by atoms with van der Waals surface area (Å²) in [6.07, 6.45) is 3.47. The van der Waals surface area contributed by atoms with Gasteiger partial charge in [-0.05, 0) is 72.5 Å². The van der Waals surface area contributed by atoms with Crippen molar-refractivity contribution in [2.45, 2.75) is 38.0 Å². The van der Waals surface area contributed by atoms with Gasteiger partial charge in [-0.1, -0.05) is 109 Å². The molecule has 38 heavy (non-hydrogen) atoms. The van der Waals surface area contributed by atoms with E-state index in [0.29, 0.717) is 5.92 Å². The molecule has 0 saturated carbocycles. The first-order chi connectivity index (χ1) is 18.8. The standard InChI is InChI=1S/C35H36N2O/c38-27-33-26-29-12-10-11-19-34(29)37(33)25-22-28-20-23-36(24-21-28)35(30-13-4-1-5-14-30,31-15-6-2-7-16-31)32-17-8-3-9-18-32/h1-19,26,28,38H,20-25,27H2. The molecule has 0 radical (unpaired) electrons. The largest absolute Gasteiger partial charge is 0.390 e. The lowest BCUT2D eigenvalue weighted by Gasteiger charge is -2.48. The molecular formula is C35H36N2O. The summed E-state index contributed by atoms with van der Waals surface area (Å²) >= 11 is 0. The van der Waals surface area contributed by atoms with Crippen LogP contribution in [0, 0.1) is 5.92 Å². The molecule has 0 spiro atoms. The molecule has 1 N–H and O–H groups in total. The van der Waals surface area contributed by atoms with E-state index in [1.54, 1.807) is 0 Å². The van der Waals surface area contributed by atoms with Gasteiger partial charge in [-0.3, -0.25) is 4.90 Å². The average molecular weight is 501 g/mol. The number of hydrogen-bond donors (Lipinski definition) is 1. The predicted octanol–water partition coefficient (Wildman–Crippen LogP) is 7.23. The molecule has 1 saturated heterocycles. The van der Waals surface area contributed by atoms with Gasteiger partial charge in [0.2, 0.25) is 0 Å². The molecule has 2 heterocycles. The van der Waals surface area contributed by atoms with Crippen LogP contribution in [0.15, 0.2) is 121 Å². The van der Waals surface area contributed by atoms with Gasteiger partial charge in [0.15, 0.2) is 0 Å². The van der Waals surface area contributed by atoms with Crippen molar-refractivity contribution in [3.63, 3.8) is 0 Å². The molecule has 4 aromatic carbocycles. The second-order valence-electron chi connectivity index (χ2n) is 10.5. The van der Waals surface area contributed by atoms with E-state index < -0.39 is 0 Å². The molecule has 0 amide bonds. The number of nitrogens with zero attached hydrogens (tertiary/aromatic N) is 2. The second kappa shape index (κ2) is 11.0. The number of aliphatic hydroxyl groups excluding tert-OH is 1. The zero-order valence-electron chi connectivity index (χ0n) is 21.9. The Morgan fingerprint density at radius 1 is 0.658 bits per heavy atom. The predicted molar refractivity (Wildman–Crippen MR) is 156 cm³/mol. The summed E-state index contributed by atoms with van der Waals surface area (Å²) in [6, 6.07) is 43.7. The van der Waals surface area contributed by atoms with Crippen LogP contribution in [0.5, 0.6) is 0 Å². The van der Waals surface area contributed by atoms with Gasteiger partial charge >= 0.3 is 0 Å². The van der Waals surface area contributed by atoms with Gasteiger partial charge < -0.3 is 9.67 Å². The third kappa shape index (κ3) is 4.47. The van der Waals surface area contributed by atoms with Gasteiger partial charge in [-0.25, -0.2) is 0 Å². The van der Waals surface area contributed by atoms with Gasteiger partial charge in [0.05, 0.1) is 12.1 Å². The van der Waals surface area contributed by atoms with E-state index in [4.69, 9.17) is 0 Å². The lowest BCUT2D eigenvalue weighted by molar-refractivity contribution is 0.0977. The molecule has 0 aliphatic carbocycles. The highest BCUT2D eigenvalue weighted by atomic mass is 16.3. The molecule has 1 fully saturated rings. The van der Waals surface area contributed by atoms with E-state index in [0.717, 1.165) is 31.7 Å². The van der Waals surface area contributed by atoms with Gasteiger partial charge in [0.25, 0.3) is 0 Å². The Bertz CT molecular complexity index is 1360. The minimum Gasteiger partial charge on any atom is -0.390 e. The highest BCUT2D eigenvalue weighted by Crippen LogP contribution is 2.44. The molecule has 3 heteroatoms. The number of para-hydroxylation sites is 1. The van der Waals surface area contributed by atoms with Crippen molar-refractivity contribution in [1.29, 1.82) is 0 Å². The maximum atomic E-state index is 9.98. The third-order valence-electron chi connectivity index (χ3n) is 8.48. The van der Waals surface area contributed by atoms with Crippen LogP contribution in [0.4, 0.5) is 0 Å². The first-order valence-corrected chi connectivity index (χ1v) is 13.9. The summed E-state index contributed by atoms with van der Waals surface area (Å²) in [6.45, 7) is 3.13. The minimum absolute atomic E-state index is 0.0842. The van der Waals surface area contributed by atoms with E-state index >= 15 is 0 Å². The van der Waals surface area contributed by atoms with Gasteiger partial charge in [-0.15, -0.1) is 0 Å². The Morgan fingerprint density at radius 3 is 1.68 bits per heavy atom. The topological polar surface area (TPSA) is 28.4 Å². The average Bonchev–Trinajstić information content (AvgIpc) is 3.36. The van der Waals surface area contributed by atoms with Crippen LogP contribution in [0.2, 0.25) is 0 Å². The Kier molecular flexibility index (Phi) is 7.13. The molecule has 0 atom stereocenters. The summed E-state index contributed by atoms with van der Waals surface area (Å²) in [5.74, 6) is 0.666. The maximum Gasteiger partial charge on any atom is 0.0972 e. The molecule has 3 nitrogen and oxygen atoms in total. The van der Waals surface area contributed by atoms with Crippen LogP contribution in [0.3, 0.4) is 0 Å². The van der Waals surface area contributed by atoms with E-state index in [1.807, 2.05) is 0 Å². The molecule has 0 bridgehead atoms. The normalized spacial score (nSPS) is 15.2. The fourth-order valence-electron chi connectivity index (χ4n) is 6.62. The number of rotatable bonds is 8. The third-order valence-corrected chi connectivity index (χ3v) is 8.48.